The monoisotopic (exact) mass is 219 g/mol. The second kappa shape index (κ2) is 3.87. The van der Waals surface area contributed by atoms with Crippen molar-refractivity contribution in [2.75, 3.05) is 0 Å². The molecule has 3 aliphatic rings. The number of ether oxygens (including phenoxy) is 2. The molecule has 2 aliphatic heterocycles. The molecule has 2 heterocycles. The van der Waals surface area contributed by atoms with Crippen LogP contribution in [-0.2, 0) is 9.47 Å². The summed E-state index contributed by atoms with van der Waals surface area (Å²) >= 11 is 0. The molecule has 3 heteroatoms. The highest BCUT2D eigenvalue weighted by Gasteiger charge is 2.52. The minimum Gasteiger partial charge on any atom is -0.371 e. The Morgan fingerprint density at radius 1 is 1.44 bits per heavy atom. The largest absolute Gasteiger partial charge is 0.371 e. The fourth-order valence-electron chi connectivity index (χ4n) is 3.23. The van der Waals surface area contributed by atoms with Crippen molar-refractivity contribution in [1.29, 1.82) is 5.26 Å². The zero-order valence-electron chi connectivity index (χ0n) is 9.39. The van der Waals surface area contributed by atoms with Gasteiger partial charge in [0.15, 0.2) is 0 Å². The lowest BCUT2D eigenvalue weighted by molar-refractivity contribution is -0.139. The van der Waals surface area contributed by atoms with E-state index < -0.39 is 0 Å². The van der Waals surface area contributed by atoms with Crippen LogP contribution in [0.3, 0.4) is 0 Å². The molecule has 0 aromatic heterocycles. The second-order valence-electron chi connectivity index (χ2n) is 5.06. The first-order valence-electron chi connectivity index (χ1n) is 6.20. The van der Waals surface area contributed by atoms with E-state index in [0.717, 1.165) is 32.1 Å². The molecule has 16 heavy (non-hydrogen) atoms. The molecule has 3 unspecified atom stereocenters. The summed E-state index contributed by atoms with van der Waals surface area (Å²) < 4.78 is 12.2. The van der Waals surface area contributed by atoms with Crippen LogP contribution in [0.5, 0.6) is 0 Å². The minimum absolute atomic E-state index is 0.151. The number of nitrogens with zero attached hydrogens (tertiary/aromatic N) is 1. The molecule has 0 saturated carbocycles. The molecule has 0 radical (unpaired) electrons. The molecule has 0 aromatic carbocycles. The highest BCUT2D eigenvalue weighted by atomic mass is 16.6. The standard InChI is InChI=1S/C13H17NO2/c14-8-2-4-10-5-6-12-13(16-10)7-1-3-11(9-13)15-12/h1,7,10-12H,2-6,9H2/t10?,11-,12?,13?/m0/s1. The molecule has 1 spiro atoms. The molecule has 0 aromatic rings. The van der Waals surface area contributed by atoms with Crippen molar-refractivity contribution in [1.82, 2.24) is 0 Å². The topological polar surface area (TPSA) is 42.2 Å². The maximum absolute atomic E-state index is 8.61. The number of hydrogen-bond donors (Lipinski definition) is 0. The molecular weight excluding hydrogens is 202 g/mol. The Balaban J connectivity index is 1.73. The zero-order chi connectivity index (χ0) is 11.0. The fourth-order valence-corrected chi connectivity index (χ4v) is 3.23. The number of fused-ring (bicyclic) bond motifs is 1. The van der Waals surface area contributed by atoms with Crippen LogP contribution in [0.2, 0.25) is 0 Å². The quantitative estimate of drug-likeness (QED) is 0.669. The van der Waals surface area contributed by atoms with Gasteiger partial charge in [0.2, 0.25) is 0 Å². The van der Waals surface area contributed by atoms with Gasteiger partial charge >= 0.3 is 0 Å². The normalized spacial score (nSPS) is 45.1. The lowest BCUT2D eigenvalue weighted by Crippen LogP contribution is -2.47. The Morgan fingerprint density at radius 3 is 3.25 bits per heavy atom. The molecule has 3 nitrogen and oxygen atoms in total. The lowest BCUT2D eigenvalue weighted by Gasteiger charge is -2.40. The van der Waals surface area contributed by atoms with Crippen molar-refractivity contribution < 1.29 is 9.47 Å². The molecule has 1 aliphatic carbocycles. The average Bonchev–Trinajstić information content (AvgIpc) is 2.55. The van der Waals surface area contributed by atoms with Crippen molar-refractivity contribution in [3.8, 4) is 6.07 Å². The van der Waals surface area contributed by atoms with Crippen molar-refractivity contribution in [2.45, 2.75) is 62.4 Å². The fraction of sp³-hybridized carbons (Fsp3) is 0.769. The van der Waals surface area contributed by atoms with Gasteiger partial charge in [0.1, 0.15) is 5.60 Å². The third-order valence-electron chi connectivity index (χ3n) is 3.96. The predicted octanol–water partition coefficient (Wildman–Crippen LogP) is 2.33. The van der Waals surface area contributed by atoms with E-state index in [2.05, 4.69) is 18.2 Å². The van der Waals surface area contributed by atoms with E-state index in [0.29, 0.717) is 12.5 Å². The summed E-state index contributed by atoms with van der Waals surface area (Å²) in [5, 5.41) is 8.61. The molecule has 2 saturated heterocycles. The van der Waals surface area contributed by atoms with Crippen LogP contribution in [0.1, 0.15) is 38.5 Å². The van der Waals surface area contributed by atoms with Gasteiger partial charge in [-0.2, -0.15) is 5.26 Å². The summed E-state index contributed by atoms with van der Waals surface area (Å²) in [4.78, 5) is 0. The third kappa shape index (κ3) is 1.57. The van der Waals surface area contributed by atoms with Crippen LogP contribution in [-0.4, -0.2) is 23.9 Å². The molecule has 0 amide bonds. The van der Waals surface area contributed by atoms with Gasteiger partial charge in [-0.15, -0.1) is 0 Å². The van der Waals surface area contributed by atoms with Gasteiger partial charge in [-0.05, 0) is 25.7 Å². The minimum atomic E-state index is -0.151. The maximum Gasteiger partial charge on any atom is 0.115 e. The van der Waals surface area contributed by atoms with E-state index in [9.17, 15) is 0 Å². The Hall–Kier alpha value is -0.850. The van der Waals surface area contributed by atoms with Gasteiger partial charge in [-0.25, -0.2) is 0 Å². The van der Waals surface area contributed by atoms with Crippen molar-refractivity contribution >= 4 is 0 Å². The highest BCUT2D eigenvalue weighted by molar-refractivity contribution is 5.18. The summed E-state index contributed by atoms with van der Waals surface area (Å²) in [5.41, 5.74) is -0.151. The summed E-state index contributed by atoms with van der Waals surface area (Å²) in [6.07, 6.45) is 10.9. The smallest absolute Gasteiger partial charge is 0.115 e. The summed E-state index contributed by atoms with van der Waals surface area (Å²) in [7, 11) is 0. The van der Waals surface area contributed by atoms with Gasteiger partial charge in [-0.3, -0.25) is 0 Å². The first-order chi connectivity index (χ1) is 7.82. The highest BCUT2D eigenvalue weighted by Crippen LogP contribution is 2.46. The Labute approximate surface area is 96.0 Å². The van der Waals surface area contributed by atoms with Crippen LogP contribution >= 0.6 is 0 Å². The third-order valence-corrected chi connectivity index (χ3v) is 3.96. The zero-order valence-corrected chi connectivity index (χ0v) is 9.39. The maximum atomic E-state index is 8.61. The van der Waals surface area contributed by atoms with Crippen molar-refractivity contribution in [2.24, 2.45) is 0 Å². The Bertz CT molecular complexity index is 346. The summed E-state index contributed by atoms with van der Waals surface area (Å²) in [6.45, 7) is 0. The van der Waals surface area contributed by atoms with Gasteiger partial charge in [0.25, 0.3) is 0 Å². The van der Waals surface area contributed by atoms with E-state index in [1.165, 1.54) is 0 Å². The molecule has 0 N–H and O–H groups in total. The molecule has 3 rings (SSSR count). The number of rotatable bonds is 2. The first-order valence-corrected chi connectivity index (χ1v) is 6.20. The lowest BCUT2D eigenvalue weighted by atomic mass is 9.83. The second-order valence-corrected chi connectivity index (χ2v) is 5.06. The predicted molar refractivity (Wildman–Crippen MR) is 58.7 cm³/mol. The summed E-state index contributed by atoms with van der Waals surface area (Å²) in [6, 6.07) is 2.20. The SMILES string of the molecule is N#CCCC1CCC2O[C@H]3CC=CC2(C3)O1. The van der Waals surface area contributed by atoms with E-state index >= 15 is 0 Å². The van der Waals surface area contributed by atoms with Crippen molar-refractivity contribution in [3.05, 3.63) is 12.2 Å². The van der Waals surface area contributed by atoms with Crippen LogP contribution in [0.25, 0.3) is 0 Å². The molecule has 4 atom stereocenters. The van der Waals surface area contributed by atoms with Crippen molar-refractivity contribution in [3.63, 3.8) is 0 Å². The Morgan fingerprint density at radius 2 is 2.38 bits per heavy atom. The average molecular weight is 219 g/mol. The first kappa shape index (κ1) is 10.3. The van der Waals surface area contributed by atoms with Crippen LogP contribution in [0.15, 0.2) is 12.2 Å². The van der Waals surface area contributed by atoms with Crippen LogP contribution in [0, 0.1) is 11.3 Å². The van der Waals surface area contributed by atoms with Gasteiger partial charge < -0.3 is 9.47 Å². The number of nitriles is 1. The van der Waals surface area contributed by atoms with Gasteiger partial charge in [0, 0.05) is 12.8 Å². The molecule has 86 valence electrons. The van der Waals surface area contributed by atoms with E-state index in [1.807, 2.05) is 0 Å². The summed E-state index contributed by atoms with van der Waals surface area (Å²) in [5.74, 6) is 0. The van der Waals surface area contributed by atoms with Gasteiger partial charge in [0.05, 0.1) is 24.4 Å². The molecular formula is C13H17NO2. The van der Waals surface area contributed by atoms with E-state index in [-0.39, 0.29) is 17.8 Å². The van der Waals surface area contributed by atoms with E-state index in [1.54, 1.807) is 0 Å². The molecule has 2 bridgehead atoms. The number of hydrogen-bond acceptors (Lipinski definition) is 3. The van der Waals surface area contributed by atoms with Gasteiger partial charge in [-0.1, -0.05) is 12.2 Å². The van der Waals surface area contributed by atoms with E-state index in [4.69, 9.17) is 14.7 Å². The molecule has 2 fully saturated rings. The van der Waals surface area contributed by atoms with Crippen LogP contribution in [0.4, 0.5) is 0 Å². The van der Waals surface area contributed by atoms with Crippen LogP contribution < -0.4 is 0 Å². The Kier molecular flexibility index (Phi) is 2.49.